The van der Waals surface area contributed by atoms with Gasteiger partial charge in [-0.05, 0) is 19.9 Å². The summed E-state index contributed by atoms with van der Waals surface area (Å²) in [5.74, 6) is 2.73. The van der Waals surface area contributed by atoms with Gasteiger partial charge in [0.1, 0.15) is 23.7 Å². The molecule has 96 valence electrons. The van der Waals surface area contributed by atoms with E-state index in [0.717, 1.165) is 29.5 Å². The lowest BCUT2D eigenvalue weighted by atomic mass is 10.2. The van der Waals surface area contributed by atoms with Crippen LogP contribution >= 0.6 is 0 Å². The van der Waals surface area contributed by atoms with Crippen LogP contribution in [0, 0.1) is 13.8 Å². The van der Waals surface area contributed by atoms with Gasteiger partial charge in [0, 0.05) is 31.8 Å². The summed E-state index contributed by atoms with van der Waals surface area (Å²) < 4.78 is 5.30. The molecule has 0 aliphatic heterocycles. The molecular formula is C13H18N4O. The quantitative estimate of drug-likeness (QED) is 0.897. The van der Waals surface area contributed by atoms with Crippen LogP contribution in [0.5, 0.6) is 0 Å². The first-order chi connectivity index (χ1) is 8.63. The second kappa shape index (κ2) is 5.08. The molecule has 0 aromatic carbocycles. The van der Waals surface area contributed by atoms with Crippen LogP contribution in [0.25, 0.3) is 0 Å². The smallest absolute Gasteiger partial charge is 0.137 e. The topological polar surface area (TPSA) is 54.2 Å². The van der Waals surface area contributed by atoms with Gasteiger partial charge in [-0.3, -0.25) is 0 Å². The number of furan rings is 1. The second-order valence-electron chi connectivity index (χ2n) is 4.28. The summed E-state index contributed by atoms with van der Waals surface area (Å²) in [6.07, 6.45) is 3.29. The van der Waals surface area contributed by atoms with Crippen LogP contribution in [0.4, 0.5) is 11.6 Å². The van der Waals surface area contributed by atoms with Crippen molar-refractivity contribution in [1.82, 2.24) is 9.97 Å². The lowest BCUT2D eigenvalue weighted by Gasteiger charge is -2.20. The molecule has 1 N–H and O–H groups in total. The minimum Gasteiger partial charge on any atom is -0.469 e. The zero-order valence-corrected chi connectivity index (χ0v) is 11.2. The third kappa shape index (κ3) is 2.30. The van der Waals surface area contributed by atoms with Crippen molar-refractivity contribution in [3.63, 3.8) is 0 Å². The summed E-state index contributed by atoms with van der Waals surface area (Å²) >= 11 is 0. The molecule has 0 aliphatic carbocycles. The third-order valence-electron chi connectivity index (χ3n) is 3.03. The van der Waals surface area contributed by atoms with E-state index in [2.05, 4.69) is 20.2 Å². The maximum atomic E-state index is 5.30. The summed E-state index contributed by atoms with van der Waals surface area (Å²) in [4.78, 5) is 10.6. The Bertz CT molecular complexity index is 536. The highest BCUT2D eigenvalue weighted by Crippen LogP contribution is 2.23. The minimum absolute atomic E-state index is 0.767. The van der Waals surface area contributed by atoms with E-state index in [1.165, 1.54) is 5.56 Å². The van der Waals surface area contributed by atoms with Gasteiger partial charge in [-0.15, -0.1) is 0 Å². The van der Waals surface area contributed by atoms with E-state index in [0.29, 0.717) is 0 Å². The molecule has 0 aliphatic rings. The van der Waals surface area contributed by atoms with Crippen LogP contribution < -0.4 is 10.2 Å². The van der Waals surface area contributed by atoms with Crippen molar-refractivity contribution in [3.05, 3.63) is 35.5 Å². The van der Waals surface area contributed by atoms with Gasteiger partial charge in [-0.2, -0.15) is 0 Å². The molecule has 2 rings (SSSR count). The largest absolute Gasteiger partial charge is 0.469 e. The lowest BCUT2D eigenvalue weighted by molar-refractivity contribution is 0.529. The summed E-state index contributed by atoms with van der Waals surface area (Å²) in [6, 6.07) is 1.99. The molecule has 0 saturated carbocycles. The van der Waals surface area contributed by atoms with E-state index in [1.54, 1.807) is 12.6 Å². The van der Waals surface area contributed by atoms with Crippen LogP contribution in [0.15, 0.2) is 23.1 Å². The number of hydrogen-bond donors (Lipinski definition) is 1. The van der Waals surface area contributed by atoms with Crippen molar-refractivity contribution in [2.45, 2.75) is 20.4 Å². The molecule has 0 radical (unpaired) electrons. The molecule has 0 unspecified atom stereocenters. The Morgan fingerprint density at radius 2 is 2.11 bits per heavy atom. The maximum Gasteiger partial charge on any atom is 0.137 e. The van der Waals surface area contributed by atoms with Gasteiger partial charge in [0.2, 0.25) is 0 Å². The van der Waals surface area contributed by atoms with E-state index in [-0.39, 0.29) is 0 Å². The van der Waals surface area contributed by atoms with Crippen molar-refractivity contribution in [2.24, 2.45) is 0 Å². The number of aryl methyl sites for hydroxylation is 1. The van der Waals surface area contributed by atoms with Crippen LogP contribution in [0.1, 0.15) is 16.9 Å². The monoisotopic (exact) mass is 246 g/mol. The molecule has 0 amide bonds. The zero-order chi connectivity index (χ0) is 13.1. The first kappa shape index (κ1) is 12.4. The van der Waals surface area contributed by atoms with E-state index in [9.17, 15) is 0 Å². The lowest BCUT2D eigenvalue weighted by Crippen LogP contribution is -2.19. The van der Waals surface area contributed by atoms with Crippen molar-refractivity contribution in [3.8, 4) is 0 Å². The molecular weight excluding hydrogens is 228 g/mol. The first-order valence-corrected chi connectivity index (χ1v) is 5.87. The Morgan fingerprint density at radius 1 is 1.33 bits per heavy atom. The average molecular weight is 246 g/mol. The molecule has 5 heteroatoms. The standard InChI is InChI=1S/C13H18N4O/c1-9-12(14-3)15-8-16-13(9)17(4)7-11-5-6-18-10(11)2/h5-6,8H,7H2,1-4H3,(H,14,15,16). The van der Waals surface area contributed by atoms with Gasteiger partial charge in [0.25, 0.3) is 0 Å². The fraction of sp³-hybridized carbons (Fsp3) is 0.385. The highest BCUT2D eigenvalue weighted by atomic mass is 16.3. The molecule has 0 bridgehead atoms. The van der Waals surface area contributed by atoms with E-state index >= 15 is 0 Å². The second-order valence-corrected chi connectivity index (χ2v) is 4.28. The molecule has 0 atom stereocenters. The van der Waals surface area contributed by atoms with Crippen LogP contribution in [0.3, 0.4) is 0 Å². The number of rotatable bonds is 4. The molecule has 5 nitrogen and oxygen atoms in total. The Labute approximate surface area is 107 Å². The Kier molecular flexibility index (Phi) is 3.50. The minimum atomic E-state index is 0.767. The summed E-state index contributed by atoms with van der Waals surface area (Å²) in [5.41, 5.74) is 2.21. The van der Waals surface area contributed by atoms with Crippen molar-refractivity contribution < 1.29 is 4.42 Å². The molecule has 2 aromatic rings. The molecule has 0 saturated heterocycles. The van der Waals surface area contributed by atoms with Gasteiger partial charge in [-0.25, -0.2) is 9.97 Å². The number of nitrogens with zero attached hydrogens (tertiary/aromatic N) is 3. The van der Waals surface area contributed by atoms with Crippen molar-refractivity contribution in [2.75, 3.05) is 24.3 Å². The zero-order valence-electron chi connectivity index (χ0n) is 11.2. The molecule has 0 fully saturated rings. The summed E-state index contributed by atoms with van der Waals surface area (Å²) in [5, 5.41) is 3.06. The van der Waals surface area contributed by atoms with Gasteiger partial charge in [0.15, 0.2) is 0 Å². The SMILES string of the molecule is CNc1ncnc(N(C)Cc2ccoc2C)c1C. The fourth-order valence-electron chi connectivity index (χ4n) is 1.98. The maximum absolute atomic E-state index is 5.30. The van der Waals surface area contributed by atoms with Gasteiger partial charge < -0.3 is 14.6 Å². The van der Waals surface area contributed by atoms with Crippen LogP contribution in [0.2, 0.25) is 0 Å². The third-order valence-corrected chi connectivity index (χ3v) is 3.03. The highest BCUT2D eigenvalue weighted by molar-refractivity contribution is 5.57. The van der Waals surface area contributed by atoms with Crippen LogP contribution in [-0.4, -0.2) is 24.1 Å². The fourth-order valence-corrected chi connectivity index (χ4v) is 1.98. The number of nitrogens with one attached hydrogen (secondary N) is 1. The summed E-state index contributed by atoms with van der Waals surface area (Å²) in [6.45, 7) is 4.75. The van der Waals surface area contributed by atoms with E-state index in [4.69, 9.17) is 4.42 Å². The summed E-state index contributed by atoms with van der Waals surface area (Å²) in [7, 11) is 3.88. The molecule has 2 aromatic heterocycles. The Morgan fingerprint density at radius 3 is 2.72 bits per heavy atom. The Balaban J connectivity index is 2.24. The Hall–Kier alpha value is -2.04. The van der Waals surface area contributed by atoms with Crippen molar-refractivity contribution in [1.29, 1.82) is 0 Å². The van der Waals surface area contributed by atoms with Gasteiger partial charge in [0.05, 0.1) is 6.26 Å². The first-order valence-electron chi connectivity index (χ1n) is 5.87. The normalized spacial score (nSPS) is 10.4. The predicted molar refractivity (Wildman–Crippen MR) is 71.9 cm³/mol. The highest BCUT2D eigenvalue weighted by Gasteiger charge is 2.12. The predicted octanol–water partition coefficient (Wildman–Crippen LogP) is 2.36. The van der Waals surface area contributed by atoms with Crippen LogP contribution in [-0.2, 0) is 6.54 Å². The molecule has 18 heavy (non-hydrogen) atoms. The molecule has 0 spiro atoms. The van der Waals surface area contributed by atoms with Gasteiger partial charge >= 0.3 is 0 Å². The van der Waals surface area contributed by atoms with E-state index < -0.39 is 0 Å². The number of aromatic nitrogens is 2. The number of anilines is 2. The van der Waals surface area contributed by atoms with Crippen molar-refractivity contribution >= 4 is 11.6 Å². The van der Waals surface area contributed by atoms with E-state index in [1.807, 2.05) is 34.0 Å². The molecule has 2 heterocycles. The average Bonchev–Trinajstić information content (AvgIpc) is 2.75. The van der Waals surface area contributed by atoms with Gasteiger partial charge in [-0.1, -0.05) is 0 Å². The number of hydrogen-bond acceptors (Lipinski definition) is 5.